The zero-order valence-corrected chi connectivity index (χ0v) is 12.4. The van der Waals surface area contributed by atoms with Crippen LogP contribution in [0, 0.1) is 0 Å². The van der Waals surface area contributed by atoms with E-state index in [4.69, 9.17) is 10.5 Å². The number of ether oxygens (including phenoxy) is 1. The van der Waals surface area contributed by atoms with Crippen LogP contribution in [0.5, 0.6) is 0 Å². The number of thioether (sulfide) groups is 1. The van der Waals surface area contributed by atoms with Crippen LogP contribution in [0.25, 0.3) is 0 Å². The van der Waals surface area contributed by atoms with Crippen molar-refractivity contribution in [3.63, 3.8) is 0 Å². The van der Waals surface area contributed by atoms with Crippen LogP contribution in [-0.2, 0) is 14.8 Å². The number of hydrogen-bond acceptors (Lipinski definition) is 5. The van der Waals surface area contributed by atoms with Crippen molar-refractivity contribution in [2.45, 2.75) is 28.7 Å². The Labute approximate surface area is 118 Å². The molecule has 7 heteroatoms. The number of rotatable bonds is 5. The van der Waals surface area contributed by atoms with Crippen LogP contribution in [-0.4, -0.2) is 33.9 Å². The smallest absolute Gasteiger partial charge is 0.240 e. The maximum absolute atomic E-state index is 11.6. The van der Waals surface area contributed by atoms with Gasteiger partial charge >= 0.3 is 0 Å². The monoisotopic (exact) mass is 302 g/mol. The summed E-state index contributed by atoms with van der Waals surface area (Å²) in [5.41, 5.74) is 6.39. The number of sulfonamides is 1. The molecule has 1 aliphatic rings. The van der Waals surface area contributed by atoms with Gasteiger partial charge in [0.15, 0.2) is 0 Å². The fourth-order valence-corrected chi connectivity index (χ4v) is 3.68. The molecule has 1 unspecified atom stereocenters. The second-order valence-electron chi connectivity index (χ2n) is 4.35. The van der Waals surface area contributed by atoms with Gasteiger partial charge in [0.05, 0.1) is 11.0 Å². The first-order valence-corrected chi connectivity index (χ1v) is 8.57. The standard InChI is InChI=1S/C12H18N2O3S2/c1-14-19(15,16)10-4-5-12(11(13)7-10)18-8-9-3-2-6-17-9/h4-5,7,9,14H,2-3,6,8,13H2,1H3. The van der Waals surface area contributed by atoms with E-state index in [0.29, 0.717) is 5.69 Å². The van der Waals surface area contributed by atoms with E-state index in [1.165, 1.54) is 13.1 Å². The van der Waals surface area contributed by atoms with Gasteiger partial charge in [-0.15, -0.1) is 11.8 Å². The van der Waals surface area contributed by atoms with Crippen molar-refractivity contribution in [2.24, 2.45) is 0 Å². The van der Waals surface area contributed by atoms with Crippen LogP contribution in [0.3, 0.4) is 0 Å². The van der Waals surface area contributed by atoms with E-state index in [0.717, 1.165) is 30.1 Å². The van der Waals surface area contributed by atoms with Crippen molar-refractivity contribution in [1.82, 2.24) is 4.72 Å². The molecule has 0 aliphatic carbocycles. The molecule has 1 aromatic carbocycles. The van der Waals surface area contributed by atoms with E-state index < -0.39 is 10.0 Å². The van der Waals surface area contributed by atoms with Gasteiger partial charge in [0, 0.05) is 22.9 Å². The molecular formula is C12H18N2O3S2. The van der Waals surface area contributed by atoms with E-state index in [-0.39, 0.29) is 11.0 Å². The van der Waals surface area contributed by atoms with Gasteiger partial charge in [-0.2, -0.15) is 0 Å². The molecule has 1 aliphatic heterocycles. The van der Waals surface area contributed by atoms with E-state index in [2.05, 4.69) is 4.72 Å². The minimum Gasteiger partial charge on any atom is -0.398 e. The average Bonchev–Trinajstić information content (AvgIpc) is 2.90. The summed E-state index contributed by atoms with van der Waals surface area (Å²) < 4.78 is 31.1. The highest BCUT2D eigenvalue weighted by Gasteiger charge is 2.17. The summed E-state index contributed by atoms with van der Waals surface area (Å²) in [6.45, 7) is 0.833. The molecule has 1 saturated heterocycles. The predicted molar refractivity (Wildman–Crippen MR) is 76.8 cm³/mol. The molecule has 3 N–H and O–H groups in total. The zero-order valence-electron chi connectivity index (χ0n) is 10.8. The number of nitrogens with one attached hydrogen (secondary N) is 1. The van der Waals surface area contributed by atoms with E-state index in [1.54, 1.807) is 23.9 Å². The topological polar surface area (TPSA) is 81.4 Å². The van der Waals surface area contributed by atoms with Crippen LogP contribution < -0.4 is 10.5 Å². The van der Waals surface area contributed by atoms with Crippen LogP contribution >= 0.6 is 11.8 Å². The molecule has 0 aromatic heterocycles. The molecule has 0 spiro atoms. The molecule has 0 saturated carbocycles. The minimum absolute atomic E-state index is 0.189. The van der Waals surface area contributed by atoms with Crippen LogP contribution in [0.2, 0.25) is 0 Å². The molecule has 19 heavy (non-hydrogen) atoms. The fraction of sp³-hybridized carbons (Fsp3) is 0.500. The van der Waals surface area contributed by atoms with Crippen molar-refractivity contribution in [3.05, 3.63) is 18.2 Å². The first-order valence-electron chi connectivity index (χ1n) is 6.10. The van der Waals surface area contributed by atoms with Crippen molar-refractivity contribution >= 4 is 27.5 Å². The third kappa shape index (κ3) is 3.62. The number of nitrogens with two attached hydrogens (primary N) is 1. The first kappa shape index (κ1) is 14.6. The first-order chi connectivity index (χ1) is 9.03. The molecule has 2 rings (SSSR count). The van der Waals surface area contributed by atoms with Gasteiger partial charge in [0.25, 0.3) is 0 Å². The summed E-state index contributed by atoms with van der Waals surface area (Å²) in [5, 5.41) is 0. The molecule has 0 amide bonds. The summed E-state index contributed by atoms with van der Waals surface area (Å²) in [4.78, 5) is 1.08. The lowest BCUT2D eigenvalue weighted by molar-refractivity contribution is 0.129. The van der Waals surface area contributed by atoms with E-state index >= 15 is 0 Å². The Bertz CT molecular complexity index is 540. The summed E-state index contributed by atoms with van der Waals surface area (Å²) in [6, 6.07) is 4.81. The molecule has 5 nitrogen and oxygen atoms in total. The second kappa shape index (κ2) is 6.13. The summed E-state index contributed by atoms with van der Waals surface area (Å²) in [7, 11) is -2.05. The molecule has 0 bridgehead atoms. The molecule has 0 radical (unpaired) electrons. The quantitative estimate of drug-likeness (QED) is 0.635. The minimum atomic E-state index is -3.43. The SMILES string of the molecule is CNS(=O)(=O)c1ccc(SCC2CCCO2)c(N)c1. The summed E-state index contributed by atoms with van der Waals surface area (Å²) in [5.74, 6) is 0.850. The Kier molecular flexibility index (Phi) is 4.72. The van der Waals surface area contributed by atoms with Crippen LogP contribution in [0.15, 0.2) is 28.0 Å². The molecule has 1 heterocycles. The lowest BCUT2D eigenvalue weighted by Crippen LogP contribution is -2.18. The highest BCUT2D eigenvalue weighted by molar-refractivity contribution is 7.99. The largest absolute Gasteiger partial charge is 0.398 e. The third-order valence-electron chi connectivity index (χ3n) is 3.01. The predicted octanol–water partition coefficient (Wildman–Crippen LogP) is 1.45. The van der Waals surface area contributed by atoms with E-state index in [9.17, 15) is 8.42 Å². The maximum Gasteiger partial charge on any atom is 0.240 e. The zero-order chi connectivity index (χ0) is 13.9. The molecular weight excluding hydrogens is 284 g/mol. The van der Waals surface area contributed by atoms with Gasteiger partial charge in [-0.05, 0) is 38.1 Å². The van der Waals surface area contributed by atoms with E-state index in [1.807, 2.05) is 0 Å². The normalized spacial score (nSPS) is 19.7. The highest BCUT2D eigenvalue weighted by atomic mass is 32.2. The maximum atomic E-state index is 11.6. The molecule has 1 fully saturated rings. The lowest BCUT2D eigenvalue weighted by atomic mass is 10.3. The van der Waals surface area contributed by atoms with Crippen molar-refractivity contribution in [3.8, 4) is 0 Å². The Morgan fingerprint density at radius 3 is 2.89 bits per heavy atom. The Hall–Kier alpha value is -0.760. The average molecular weight is 302 g/mol. The Morgan fingerprint density at radius 1 is 1.53 bits per heavy atom. The Morgan fingerprint density at radius 2 is 2.32 bits per heavy atom. The number of anilines is 1. The van der Waals surface area contributed by atoms with Gasteiger partial charge in [0.1, 0.15) is 0 Å². The fourth-order valence-electron chi connectivity index (χ4n) is 1.90. The lowest BCUT2D eigenvalue weighted by Gasteiger charge is -2.11. The van der Waals surface area contributed by atoms with Gasteiger partial charge in [-0.3, -0.25) is 0 Å². The third-order valence-corrected chi connectivity index (χ3v) is 5.64. The molecule has 1 aromatic rings. The van der Waals surface area contributed by atoms with Gasteiger partial charge in [-0.25, -0.2) is 13.1 Å². The number of hydrogen-bond donors (Lipinski definition) is 2. The van der Waals surface area contributed by atoms with Gasteiger partial charge in [0.2, 0.25) is 10.0 Å². The summed E-state index contributed by atoms with van der Waals surface area (Å²) in [6.07, 6.45) is 2.48. The summed E-state index contributed by atoms with van der Waals surface area (Å²) >= 11 is 1.61. The van der Waals surface area contributed by atoms with Crippen molar-refractivity contribution in [1.29, 1.82) is 0 Å². The number of benzene rings is 1. The molecule has 106 valence electrons. The Balaban J connectivity index is 2.06. The van der Waals surface area contributed by atoms with Crippen molar-refractivity contribution in [2.75, 3.05) is 25.1 Å². The highest BCUT2D eigenvalue weighted by Crippen LogP contribution is 2.29. The molecule has 1 atom stereocenters. The second-order valence-corrected chi connectivity index (χ2v) is 7.30. The van der Waals surface area contributed by atoms with Crippen LogP contribution in [0.4, 0.5) is 5.69 Å². The van der Waals surface area contributed by atoms with Gasteiger partial charge in [-0.1, -0.05) is 0 Å². The van der Waals surface area contributed by atoms with Gasteiger partial charge < -0.3 is 10.5 Å². The van der Waals surface area contributed by atoms with Crippen molar-refractivity contribution < 1.29 is 13.2 Å². The van der Waals surface area contributed by atoms with Crippen LogP contribution in [0.1, 0.15) is 12.8 Å². The number of nitrogen functional groups attached to an aromatic ring is 1.